The van der Waals surface area contributed by atoms with Crippen LogP contribution in [-0.4, -0.2) is 9.55 Å². The zero-order valence-corrected chi connectivity index (χ0v) is 11.1. The van der Waals surface area contributed by atoms with E-state index >= 15 is 0 Å². The van der Waals surface area contributed by atoms with Crippen molar-refractivity contribution in [3.05, 3.63) is 51.0 Å². The zero-order valence-electron chi connectivity index (χ0n) is 9.56. The molecule has 2 rings (SSSR count). The monoisotopic (exact) mass is 284 g/mol. The predicted molar refractivity (Wildman–Crippen MR) is 70.7 cm³/mol. The zero-order chi connectivity index (χ0) is 13.1. The Labute approximate surface area is 114 Å². The van der Waals surface area contributed by atoms with E-state index in [2.05, 4.69) is 4.98 Å². The molecule has 2 aromatic rings. The van der Waals surface area contributed by atoms with Crippen LogP contribution in [0.2, 0.25) is 10.0 Å². The van der Waals surface area contributed by atoms with E-state index in [1.54, 1.807) is 18.3 Å². The van der Waals surface area contributed by atoms with Crippen molar-refractivity contribution in [3.63, 3.8) is 0 Å². The molecule has 0 spiro atoms. The normalized spacial score (nSPS) is 10.4. The molecule has 1 aromatic carbocycles. The number of hydrogen-bond acceptors (Lipinski definition) is 3. The van der Waals surface area contributed by atoms with Crippen LogP contribution in [-0.2, 0) is 6.54 Å². The van der Waals surface area contributed by atoms with E-state index < -0.39 is 0 Å². The summed E-state index contributed by atoms with van der Waals surface area (Å²) < 4.78 is 6.89. The second kappa shape index (κ2) is 5.42. The third kappa shape index (κ3) is 2.66. The molecular weight excluding hydrogens is 275 g/mol. The summed E-state index contributed by atoms with van der Waals surface area (Å²) in [4.78, 5) is 15.8. The number of benzene rings is 1. The van der Waals surface area contributed by atoms with Crippen LogP contribution in [0.25, 0.3) is 0 Å². The molecule has 0 atom stereocenters. The third-order valence-electron chi connectivity index (χ3n) is 2.32. The topological polar surface area (TPSA) is 44.1 Å². The number of aryl methyl sites for hydroxylation is 1. The first-order valence-electron chi connectivity index (χ1n) is 5.30. The fourth-order valence-corrected chi connectivity index (χ4v) is 1.72. The van der Waals surface area contributed by atoms with Gasteiger partial charge in [0.15, 0.2) is 0 Å². The fourth-order valence-electron chi connectivity index (χ4n) is 1.41. The summed E-state index contributed by atoms with van der Waals surface area (Å²) in [5.41, 5.74) is -0.309. The lowest BCUT2D eigenvalue weighted by atomic mass is 10.3. The lowest BCUT2D eigenvalue weighted by Gasteiger charge is -2.08. The van der Waals surface area contributed by atoms with Crippen LogP contribution in [0.1, 0.15) is 6.92 Å². The van der Waals surface area contributed by atoms with Crippen LogP contribution in [0, 0.1) is 0 Å². The van der Waals surface area contributed by atoms with Crippen molar-refractivity contribution in [3.8, 4) is 11.6 Å². The van der Waals surface area contributed by atoms with Crippen molar-refractivity contribution in [1.29, 1.82) is 0 Å². The molecule has 18 heavy (non-hydrogen) atoms. The molecule has 0 bridgehead atoms. The van der Waals surface area contributed by atoms with Crippen molar-refractivity contribution in [1.82, 2.24) is 9.55 Å². The van der Waals surface area contributed by atoms with Gasteiger partial charge in [-0.3, -0.25) is 4.79 Å². The lowest BCUT2D eigenvalue weighted by molar-refractivity contribution is 0.446. The first-order valence-corrected chi connectivity index (χ1v) is 6.05. The van der Waals surface area contributed by atoms with E-state index in [9.17, 15) is 4.79 Å². The van der Waals surface area contributed by atoms with Gasteiger partial charge in [0, 0.05) is 30.0 Å². The number of hydrogen-bond donors (Lipinski definition) is 0. The first kappa shape index (κ1) is 12.9. The van der Waals surface area contributed by atoms with Crippen LogP contribution in [0.4, 0.5) is 0 Å². The quantitative estimate of drug-likeness (QED) is 0.868. The van der Waals surface area contributed by atoms with E-state index in [1.807, 2.05) is 6.92 Å². The minimum absolute atomic E-state index is 0.0245. The fraction of sp³-hybridized carbons (Fsp3) is 0.167. The first-order chi connectivity index (χ1) is 8.61. The van der Waals surface area contributed by atoms with Gasteiger partial charge in [-0.15, -0.1) is 0 Å². The highest BCUT2D eigenvalue weighted by Crippen LogP contribution is 2.29. The summed E-state index contributed by atoms with van der Waals surface area (Å²) in [7, 11) is 0. The summed E-state index contributed by atoms with van der Waals surface area (Å²) >= 11 is 11.8. The van der Waals surface area contributed by atoms with Gasteiger partial charge in [-0.2, -0.15) is 0 Å². The molecule has 0 saturated carbocycles. The molecular formula is C12H10Cl2N2O2. The minimum Gasteiger partial charge on any atom is -0.433 e. The van der Waals surface area contributed by atoms with E-state index in [0.29, 0.717) is 22.3 Å². The molecule has 0 radical (unpaired) electrons. The number of nitrogens with zero attached hydrogens (tertiary/aromatic N) is 2. The number of ether oxygens (including phenoxy) is 1. The Morgan fingerprint density at radius 1 is 1.39 bits per heavy atom. The Balaban J connectivity index is 2.40. The van der Waals surface area contributed by atoms with Crippen LogP contribution >= 0.6 is 23.2 Å². The Morgan fingerprint density at radius 3 is 2.89 bits per heavy atom. The van der Waals surface area contributed by atoms with Crippen molar-refractivity contribution in [2.45, 2.75) is 13.5 Å². The molecule has 0 N–H and O–H groups in total. The second-order valence-corrected chi connectivity index (χ2v) is 4.34. The molecule has 1 aromatic heterocycles. The minimum atomic E-state index is -0.309. The van der Waals surface area contributed by atoms with E-state index in [4.69, 9.17) is 27.9 Å². The highest BCUT2D eigenvalue weighted by atomic mass is 35.5. The molecule has 0 aliphatic rings. The summed E-state index contributed by atoms with van der Waals surface area (Å²) in [5.74, 6) is 0.283. The summed E-state index contributed by atoms with van der Waals surface area (Å²) in [6, 6.07) is 4.77. The van der Waals surface area contributed by atoms with Gasteiger partial charge in [0.1, 0.15) is 5.75 Å². The van der Waals surface area contributed by atoms with Gasteiger partial charge in [-0.05, 0) is 19.1 Å². The summed E-state index contributed by atoms with van der Waals surface area (Å²) in [6.07, 6.45) is 3.09. The van der Waals surface area contributed by atoms with E-state index in [-0.39, 0.29) is 11.4 Å². The van der Waals surface area contributed by atoms with Crippen molar-refractivity contribution >= 4 is 23.2 Å². The van der Waals surface area contributed by atoms with Gasteiger partial charge >= 0.3 is 5.56 Å². The maximum Gasteiger partial charge on any atom is 0.313 e. The largest absolute Gasteiger partial charge is 0.433 e. The van der Waals surface area contributed by atoms with Crippen molar-refractivity contribution < 1.29 is 4.74 Å². The maximum atomic E-state index is 11.9. The molecule has 0 unspecified atom stereocenters. The molecule has 94 valence electrons. The molecule has 4 nitrogen and oxygen atoms in total. The van der Waals surface area contributed by atoms with Gasteiger partial charge in [0.25, 0.3) is 5.88 Å². The Morgan fingerprint density at radius 2 is 2.17 bits per heavy atom. The summed E-state index contributed by atoms with van der Waals surface area (Å²) in [5, 5.41) is 0.841. The van der Waals surface area contributed by atoms with Gasteiger partial charge in [-0.1, -0.05) is 23.2 Å². The molecule has 0 saturated heterocycles. The van der Waals surface area contributed by atoms with Crippen LogP contribution in [0.5, 0.6) is 11.6 Å². The third-order valence-corrected chi connectivity index (χ3v) is 2.87. The van der Waals surface area contributed by atoms with Crippen molar-refractivity contribution in [2.75, 3.05) is 0 Å². The molecule has 0 amide bonds. The number of aromatic nitrogens is 2. The number of halogens is 2. The van der Waals surface area contributed by atoms with Gasteiger partial charge in [-0.25, -0.2) is 4.98 Å². The van der Waals surface area contributed by atoms with Crippen LogP contribution in [0.3, 0.4) is 0 Å². The van der Waals surface area contributed by atoms with E-state index in [0.717, 1.165) is 0 Å². The highest BCUT2D eigenvalue weighted by Gasteiger charge is 2.09. The average Bonchev–Trinajstić information content (AvgIpc) is 2.36. The van der Waals surface area contributed by atoms with Gasteiger partial charge in [0.2, 0.25) is 0 Å². The average molecular weight is 285 g/mol. The number of rotatable bonds is 3. The van der Waals surface area contributed by atoms with Crippen LogP contribution in [0.15, 0.2) is 35.4 Å². The Bertz CT molecular complexity index is 626. The van der Waals surface area contributed by atoms with Gasteiger partial charge < -0.3 is 9.30 Å². The Kier molecular flexibility index (Phi) is 3.89. The van der Waals surface area contributed by atoms with Gasteiger partial charge in [0.05, 0.1) is 5.02 Å². The van der Waals surface area contributed by atoms with Crippen LogP contribution < -0.4 is 10.3 Å². The molecule has 0 aliphatic heterocycles. The summed E-state index contributed by atoms with van der Waals surface area (Å²) in [6.45, 7) is 2.40. The van der Waals surface area contributed by atoms with E-state index in [1.165, 1.54) is 16.8 Å². The second-order valence-electron chi connectivity index (χ2n) is 3.50. The molecule has 0 aliphatic carbocycles. The molecule has 6 heteroatoms. The molecule has 0 fully saturated rings. The standard InChI is InChI=1S/C12H10Cl2N2O2/c1-2-16-6-5-15-11(12(16)17)18-10-7-8(13)3-4-9(10)14/h3-7H,2H2,1H3. The van der Waals surface area contributed by atoms with Crippen molar-refractivity contribution in [2.24, 2.45) is 0 Å². The maximum absolute atomic E-state index is 11.9. The Hall–Kier alpha value is -1.52. The lowest BCUT2D eigenvalue weighted by Crippen LogP contribution is -2.20. The highest BCUT2D eigenvalue weighted by molar-refractivity contribution is 6.34. The predicted octanol–water partition coefficient (Wildman–Crippen LogP) is 3.36. The smallest absolute Gasteiger partial charge is 0.313 e. The SMILES string of the molecule is CCn1ccnc(Oc2cc(Cl)ccc2Cl)c1=O. The molecule has 1 heterocycles.